The molecule has 1 N–H and O–H groups in total. The van der Waals surface area contributed by atoms with Gasteiger partial charge < -0.3 is 14.2 Å². The molecule has 0 atom stereocenters. The average Bonchev–Trinajstić information content (AvgIpc) is 2.68. The molecule has 144 valence electrons. The summed E-state index contributed by atoms with van der Waals surface area (Å²) in [5, 5.41) is 4.02. The summed E-state index contributed by atoms with van der Waals surface area (Å²) in [7, 11) is 0. The quantitative estimate of drug-likeness (QED) is 0.506. The van der Waals surface area contributed by atoms with Crippen molar-refractivity contribution in [2.45, 2.75) is 27.2 Å². The molecular weight excluding hydrogens is 344 g/mol. The highest BCUT2D eigenvalue weighted by Crippen LogP contribution is 2.28. The lowest BCUT2D eigenvalue weighted by atomic mass is 10.2. The number of carbonyl (C=O) groups excluding carboxylic acids is 1. The van der Waals surface area contributed by atoms with Gasteiger partial charge in [-0.3, -0.25) is 4.79 Å². The van der Waals surface area contributed by atoms with Gasteiger partial charge in [-0.15, -0.1) is 0 Å². The first-order chi connectivity index (χ1) is 13.2. The second-order valence-corrected chi connectivity index (χ2v) is 5.64. The van der Waals surface area contributed by atoms with Gasteiger partial charge in [0.25, 0.3) is 5.91 Å². The average molecular weight is 370 g/mol. The lowest BCUT2D eigenvalue weighted by molar-refractivity contribution is 0.0955. The van der Waals surface area contributed by atoms with Crippen LogP contribution in [0.4, 0.5) is 0 Å². The van der Waals surface area contributed by atoms with Gasteiger partial charge in [0.2, 0.25) is 0 Å². The fourth-order valence-electron chi connectivity index (χ4n) is 2.30. The van der Waals surface area contributed by atoms with E-state index < -0.39 is 0 Å². The van der Waals surface area contributed by atoms with Gasteiger partial charge in [0.1, 0.15) is 5.75 Å². The largest absolute Gasteiger partial charge is 0.494 e. The zero-order chi connectivity index (χ0) is 19.5. The molecule has 6 heteroatoms. The Hall–Kier alpha value is -3.02. The van der Waals surface area contributed by atoms with Gasteiger partial charge in [0.05, 0.1) is 26.0 Å². The van der Waals surface area contributed by atoms with Gasteiger partial charge in [0, 0.05) is 5.56 Å². The van der Waals surface area contributed by atoms with E-state index in [4.69, 9.17) is 14.2 Å². The maximum Gasteiger partial charge on any atom is 0.271 e. The van der Waals surface area contributed by atoms with Crippen LogP contribution in [0.15, 0.2) is 47.6 Å². The number of carbonyl (C=O) groups is 1. The van der Waals surface area contributed by atoms with Gasteiger partial charge in [-0.1, -0.05) is 6.92 Å². The van der Waals surface area contributed by atoms with Crippen molar-refractivity contribution < 1.29 is 19.0 Å². The molecule has 0 aromatic heterocycles. The van der Waals surface area contributed by atoms with Crippen LogP contribution < -0.4 is 19.6 Å². The summed E-state index contributed by atoms with van der Waals surface area (Å²) in [5.41, 5.74) is 3.83. The number of hydrogen-bond donors (Lipinski definition) is 1. The zero-order valence-electron chi connectivity index (χ0n) is 16.0. The van der Waals surface area contributed by atoms with Crippen LogP contribution in [0.1, 0.15) is 43.1 Å². The van der Waals surface area contributed by atoms with E-state index in [1.165, 1.54) is 0 Å². The van der Waals surface area contributed by atoms with Gasteiger partial charge in [0.15, 0.2) is 11.5 Å². The molecule has 2 aromatic rings. The Morgan fingerprint density at radius 3 is 2.37 bits per heavy atom. The molecule has 6 nitrogen and oxygen atoms in total. The van der Waals surface area contributed by atoms with Crippen molar-refractivity contribution >= 4 is 12.1 Å². The number of rotatable bonds is 10. The highest BCUT2D eigenvalue weighted by molar-refractivity contribution is 5.95. The summed E-state index contributed by atoms with van der Waals surface area (Å²) in [5.74, 6) is 1.80. The van der Waals surface area contributed by atoms with Gasteiger partial charge in [-0.05, 0) is 68.3 Å². The summed E-state index contributed by atoms with van der Waals surface area (Å²) in [6, 6.07) is 12.4. The zero-order valence-corrected chi connectivity index (χ0v) is 16.0. The fraction of sp³-hybridized carbons (Fsp3) is 0.333. The van der Waals surface area contributed by atoms with Crippen molar-refractivity contribution in [1.29, 1.82) is 0 Å². The van der Waals surface area contributed by atoms with Crippen molar-refractivity contribution in [3.8, 4) is 17.2 Å². The van der Waals surface area contributed by atoms with E-state index in [-0.39, 0.29) is 5.91 Å². The molecule has 0 aliphatic heterocycles. The Morgan fingerprint density at radius 2 is 1.70 bits per heavy atom. The Bertz CT molecular complexity index is 757. The number of nitrogens with zero attached hydrogens (tertiary/aromatic N) is 1. The molecule has 0 saturated heterocycles. The number of nitrogens with one attached hydrogen (secondary N) is 1. The van der Waals surface area contributed by atoms with Crippen LogP contribution >= 0.6 is 0 Å². The molecule has 27 heavy (non-hydrogen) atoms. The lowest BCUT2D eigenvalue weighted by Gasteiger charge is -2.11. The molecule has 0 aliphatic rings. The number of amides is 1. The predicted molar refractivity (Wildman–Crippen MR) is 106 cm³/mol. The Labute approximate surface area is 160 Å². The van der Waals surface area contributed by atoms with E-state index in [0.717, 1.165) is 17.7 Å². The van der Waals surface area contributed by atoms with Crippen LogP contribution in [0.2, 0.25) is 0 Å². The molecule has 2 aromatic carbocycles. The summed E-state index contributed by atoms with van der Waals surface area (Å²) in [6.45, 7) is 7.63. The Kier molecular flexibility index (Phi) is 8.16. The third kappa shape index (κ3) is 6.33. The van der Waals surface area contributed by atoms with Gasteiger partial charge >= 0.3 is 0 Å². The van der Waals surface area contributed by atoms with E-state index in [1.807, 2.05) is 32.0 Å². The van der Waals surface area contributed by atoms with Gasteiger partial charge in [-0.2, -0.15) is 5.10 Å². The minimum absolute atomic E-state index is 0.290. The molecule has 0 saturated carbocycles. The maximum absolute atomic E-state index is 12.1. The summed E-state index contributed by atoms with van der Waals surface area (Å²) < 4.78 is 16.6. The third-order valence-corrected chi connectivity index (χ3v) is 3.54. The number of benzene rings is 2. The topological polar surface area (TPSA) is 69.2 Å². The van der Waals surface area contributed by atoms with Crippen molar-refractivity contribution in [2.24, 2.45) is 5.10 Å². The molecule has 2 rings (SSSR count). The number of hydrogen-bond acceptors (Lipinski definition) is 5. The van der Waals surface area contributed by atoms with Crippen molar-refractivity contribution in [3.05, 3.63) is 53.6 Å². The van der Waals surface area contributed by atoms with Crippen LogP contribution in [0, 0.1) is 0 Å². The van der Waals surface area contributed by atoms with E-state index in [9.17, 15) is 4.79 Å². The van der Waals surface area contributed by atoms with E-state index in [0.29, 0.717) is 36.9 Å². The Balaban J connectivity index is 1.99. The van der Waals surface area contributed by atoms with Gasteiger partial charge in [-0.25, -0.2) is 5.43 Å². The van der Waals surface area contributed by atoms with E-state index in [1.54, 1.807) is 30.5 Å². The minimum atomic E-state index is -0.290. The van der Waals surface area contributed by atoms with Crippen LogP contribution in [0.25, 0.3) is 0 Å². The van der Waals surface area contributed by atoms with Crippen molar-refractivity contribution in [2.75, 3.05) is 19.8 Å². The standard InChI is InChI=1S/C21H26N2O4/c1-4-13-27-19-12-7-16(14-20(19)26-6-3)15-22-23-21(24)17-8-10-18(11-9-17)25-5-2/h7-12,14-15H,4-6,13H2,1-3H3,(H,23,24)/b22-15+. The van der Waals surface area contributed by atoms with Crippen molar-refractivity contribution in [3.63, 3.8) is 0 Å². The number of ether oxygens (including phenoxy) is 3. The summed E-state index contributed by atoms with van der Waals surface area (Å²) in [6.07, 6.45) is 2.49. The first-order valence-electron chi connectivity index (χ1n) is 9.13. The van der Waals surface area contributed by atoms with E-state index >= 15 is 0 Å². The minimum Gasteiger partial charge on any atom is -0.494 e. The first kappa shape index (κ1) is 20.3. The summed E-state index contributed by atoms with van der Waals surface area (Å²) in [4.78, 5) is 12.1. The van der Waals surface area contributed by atoms with Crippen LogP contribution in [0.3, 0.4) is 0 Å². The highest BCUT2D eigenvalue weighted by Gasteiger charge is 2.07. The molecule has 1 amide bonds. The SMILES string of the molecule is CCCOc1ccc(/C=N/NC(=O)c2ccc(OCC)cc2)cc1OCC. The smallest absolute Gasteiger partial charge is 0.271 e. The molecular formula is C21H26N2O4. The van der Waals surface area contributed by atoms with Crippen LogP contribution in [-0.4, -0.2) is 31.9 Å². The third-order valence-electron chi connectivity index (χ3n) is 3.54. The second kappa shape index (κ2) is 10.9. The first-order valence-corrected chi connectivity index (χ1v) is 9.13. The molecule has 0 spiro atoms. The monoisotopic (exact) mass is 370 g/mol. The van der Waals surface area contributed by atoms with Crippen LogP contribution in [0.5, 0.6) is 17.2 Å². The molecule has 0 radical (unpaired) electrons. The second-order valence-electron chi connectivity index (χ2n) is 5.64. The lowest BCUT2D eigenvalue weighted by Crippen LogP contribution is -2.17. The van der Waals surface area contributed by atoms with Crippen molar-refractivity contribution in [1.82, 2.24) is 5.43 Å². The Morgan fingerprint density at radius 1 is 0.963 bits per heavy atom. The maximum atomic E-state index is 12.1. The molecule has 0 unspecified atom stereocenters. The normalized spacial score (nSPS) is 10.6. The molecule has 0 fully saturated rings. The fourth-order valence-corrected chi connectivity index (χ4v) is 2.30. The predicted octanol–water partition coefficient (Wildman–Crippen LogP) is 4.04. The molecule has 0 bridgehead atoms. The molecule has 0 heterocycles. The molecule has 0 aliphatic carbocycles. The summed E-state index contributed by atoms with van der Waals surface area (Å²) >= 11 is 0. The number of hydrazone groups is 1. The van der Waals surface area contributed by atoms with E-state index in [2.05, 4.69) is 17.5 Å². The van der Waals surface area contributed by atoms with Crippen LogP contribution in [-0.2, 0) is 0 Å². The highest BCUT2D eigenvalue weighted by atomic mass is 16.5.